The van der Waals surface area contributed by atoms with Gasteiger partial charge in [0.2, 0.25) is 0 Å². The van der Waals surface area contributed by atoms with E-state index in [4.69, 9.17) is 9.47 Å². The second-order valence-electron chi connectivity index (χ2n) is 6.76. The van der Waals surface area contributed by atoms with Crippen molar-refractivity contribution in [3.05, 3.63) is 23.5 Å². The highest BCUT2D eigenvalue weighted by Crippen LogP contribution is 2.37. The molecule has 1 aliphatic heterocycles. The van der Waals surface area contributed by atoms with Crippen LogP contribution >= 0.6 is 12.4 Å². The molecule has 1 heterocycles. The zero-order valence-corrected chi connectivity index (χ0v) is 15.5. The Morgan fingerprint density at radius 2 is 1.96 bits per heavy atom. The maximum Gasteiger partial charge on any atom is 0.165 e. The Hall–Kier alpha value is -1.00. The Bertz CT molecular complexity index is 534. The van der Waals surface area contributed by atoms with Crippen molar-refractivity contribution in [1.29, 1.82) is 0 Å². The van der Waals surface area contributed by atoms with Gasteiger partial charge in [-0.25, -0.2) is 4.39 Å². The van der Waals surface area contributed by atoms with Gasteiger partial charge in [-0.05, 0) is 44.4 Å². The smallest absolute Gasteiger partial charge is 0.165 e. The summed E-state index contributed by atoms with van der Waals surface area (Å²) >= 11 is 0. The molecule has 1 aliphatic carbocycles. The summed E-state index contributed by atoms with van der Waals surface area (Å²) in [5, 5.41) is 0. The minimum absolute atomic E-state index is 0. The van der Waals surface area contributed by atoms with Crippen LogP contribution in [0.4, 0.5) is 4.39 Å². The quantitative estimate of drug-likeness (QED) is 0.768. The largest absolute Gasteiger partial charge is 0.496 e. The van der Waals surface area contributed by atoms with E-state index in [-0.39, 0.29) is 18.2 Å². The summed E-state index contributed by atoms with van der Waals surface area (Å²) in [5.41, 5.74) is 0.890. The lowest BCUT2D eigenvalue weighted by Crippen LogP contribution is -2.49. The molecule has 136 valence electrons. The lowest BCUT2D eigenvalue weighted by molar-refractivity contribution is 0.0599. The molecule has 3 nitrogen and oxygen atoms in total. The van der Waals surface area contributed by atoms with Crippen molar-refractivity contribution in [1.82, 2.24) is 4.90 Å². The van der Waals surface area contributed by atoms with Crippen molar-refractivity contribution < 1.29 is 13.9 Å². The van der Waals surface area contributed by atoms with Crippen molar-refractivity contribution >= 4 is 12.4 Å². The van der Waals surface area contributed by atoms with Gasteiger partial charge >= 0.3 is 0 Å². The molecule has 0 amide bonds. The van der Waals surface area contributed by atoms with E-state index >= 15 is 0 Å². The van der Waals surface area contributed by atoms with Gasteiger partial charge in [-0.3, -0.25) is 4.90 Å². The predicted octanol–water partition coefficient (Wildman–Crippen LogP) is 4.60. The third-order valence-electron chi connectivity index (χ3n) is 5.24. The molecule has 0 unspecified atom stereocenters. The highest BCUT2D eigenvalue weighted by atomic mass is 35.5. The number of nitrogens with zero attached hydrogens (tertiary/aromatic N) is 1. The van der Waals surface area contributed by atoms with E-state index in [1.807, 2.05) is 0 Å². The van der Waals surface area contributed by atoms with Gasteiger partial charge in [0.1, 0.15) is 12.4 Å². The minimum Gasteiger partial charge on any atom is -0.496 e. The van der Waals surface area contributed by atoms with Crippen LogP contribution in [0, 0.1) is 5.82 Å². The molecule has 2 aliphatic rings. The van der Waals surface area contributed by atoms with Crippen LogP contribution in [0.3, 0.4) is 0 Å². The fourth-order valence-electron chi connectivity index (χ4n) is 4.14. The summed E-state index contributed by atoms with van der Waals surface area (Å²) in [6.45, 7) is 3.90. The molecule has 1 aromatic carbocycles. The summed E-state index contributed by atoms with van der Waals surface area (Å²) < 4.78 is 25.3. The first kappa shape index (κ1) is 19.3. The highest BCUT2D eigenvalue weighted by molar-refractivity contribution is 5.85. The number of fused-ring (bicyclic) bond motifs is 1. The molecule has 0 aromatic heterocycles. The minimum atomic E-state index is -0.279. The number of hydrogen-bond acceptors (Lipinski definition) is 3. The first-order chi connectivity index (χ1) is 11.2. The summed E-state index contributed by atoms with van der Waals surface area (Å²) in [6.07, 6.45) is 8.53. The van der Waals surface area contributed by atoms with Crippen molar-refractivity contribution in [2.45, 2.75) is 64.0 Å². The molecule has 3 rings (SSSR count). The van der Waals surface area contributed by atoms with Crippen LogP contribution in [0.2, 0.25) is 0 Å². The summed E-state index contributed by atoms with van der Waals surface area (Å²) in [4.78, 5) is 2.62. The Morgan fingerprint density at radius 3 is 2.62 bits per heavy atom. The van der Waals surface area contributed by atoms with Crippen LogP contribution in [-0.2, 0) is 6.42 Å². The number of ether oxygens (including phenoxy) is 2. The fraction of sp³-hybridized carbons (Fsp3) is 0.684. The van der Waals surface area contributed by atoms with Crippen LogP contribution in [0.15, 0.2) is 12.1 Å². The molecule has 1 aromatic rings. The first-order valence-electron chi connectivity index (χ1n) is 8.98. The van der Waals surface area contributed by atoms with Crippen LogP contribution in [-0.4, -0.2) is 37.2 Å². The second-order valence-corrected chi connectivity index (χ2v) is 6.76. The summed E-state index contributed by atoms with van der Waals surface area (Å²) in [7, 11) is 1.64. The Kier molecular flexibility index (Phi) is 7.17. The SMILES string of the molecule is CCCN(C1CCCCC1)[C@H]1COc2c(F)ccc(OC)c2C1.Cl. The fourth-order valence-corrected chi connectivity index (χ4v) is 4.14. The molecule has 5 heteroatoms. The van der Waals surface area contributed by atoms with Gasteiger partial charge in [-0.2, -0.15) is 0 Å². The van der Waals surface area contributed by atoms with E-state index in [2.05, 4.69) is 11.8 Å². The average Bonchev–Trinajstić information content (AvgIpc) is 2.60. The van der Waals surface area contributed by atoms with Crippen LogP contribution in [0.25, 0.3) is 0 Å². The lowest BCUT2D eigenvalue weighted by Gasteiger charge is -2.41. The van der Waals surface area contributed by atoms with Gasteiger partial charge in [0.15, 0.2) is 11.6 Å². The molecule has 0 radical (unpaired) electrons. The topological polar surface area (TPSA) is 21.7 Å². The normalized spacial score (nSPS) is 20.9. The van der Waals surface area contributed by atoms with Gasteiger partial charge in [0.25, 0.3) is 0 Å². The number of methoxy groups -OCH3 is 1. The molecular formula is C19H29ClFNO2. The summed E-state index contributed by atoms with van der Waals surface area (Å²) in [5.74, 6) is 0.853. The molecule has 0 N–H and O–H groups in total. The number of halogens is 2. The van der Waals surface area contributed by atoms with Crippen LogP contribution in [0.1, 0.15) is 51.0 Å². The Labute approximate surface area is 150 Å². The summed E-state index contributed by atoms with van der Waals surface area (Å²) in [6, 6.07) is 4.12. The maximum absolute atomic E-state index is 14.0. The van der Waals surface area contributed by atoms with Crippen molar-refractivity contribution in [3.8, 4) is 11.5 Å². The standard InChI is InChI=1S/C19H28FNO2.ClH/c1-3-11-21(14-7-5-4-6-8-14)15-12-16-18(22-2)10-9-17(20)19(16)23-13-15;/h9-10,14-15H,3-8,11-13H2,1-2H3;1H/t15-;/m1./s1. The number of hydrogen-bond donors (Lipinski definition) is 0. The zero-order valence-electron chi connectivity index (χ0n) is 14.7. The molecule has 0 spiro atoms. The maximum atomic E-state index is 14.0. The molecule has 0 bridgehead atoms. The Balaban J connectivity index is 0.00000208. The molecule has 1 fully saturated rings. The van der Waals surface area contributed by atoms with E-state index in [1.54, 1.807) is 13.2 Å². The number of benzene rings is 1. The molecule has 24 heavy (non-hydrogen) atoms. The highest BCUT2D eigenvalue weighted by Gasteiger charge is 2.33. The van der Waals surface area contributed by atoms with Gasteiger partial charge in [0, 0.05) is 17.6 Å². The monoisotopic (exact) mass is 357 g/mol. The van der Waals surface area contributed by atoms with Crippen LogP contribution < -0.4 is 9.47 Å². The van der Waals surface area contributed by atoms with E-state index < -0.39 is 0 Å². The molecule has 1 saturated carbocycles. The predicted molar refractivity (Wildman–Crippen MR) is 97.1 cm³/mol. The first-order valence-corrected chi connectivity index (χ1v) is 8.98. The molecule has 1 atom stereocenters. The van der Waals surface area contributed by atoms with E-state index in [9.17, 15) is 4.39 Å². The van der Waals surface area contributed by atoms with Crippen molar-refractivity contribution in [2.24, 2.45) is 0 Å². The van der Waals surface area contributed by atoms with E-state index in [0.29, 0.717) is 24.4 Å². The van der Waals surface area contributed by atoms with Crippen LogP contribution in [0.5, 0.6) is 11.5 Å². The lowest BCUT2D eigenvalue weighted by atomic mass is 9.91. The van der Waals surface area contributed by atoms with Gasteiger partial charge in [-0.15, -0.1) is 12.4 Å². The second kappa shape index (κ2) is 8.91. The third-order valence-corrected chi connectivity index (χ3v) is 5.24. The van der Waals surface area contributed by atoms with Crippen molar-refractivity contribution in [3.63, 3.8) is 0 Å². The van der Waals surface area contributed by atoms with E-state index in [1.165, 1.54) is 38.2 Å². The van der Waals surface area contributed by atoms with E-state index in [0.717, 1.165) is 30.7 Å². The Morgan fingerprint density at radius 1 is 1.21 bits per heavy atom. The number of rotatable bonds is 5. The van der Waals surface area contributed by atoms with Gasteiger partial charge in [0.05, 0.1) is 7.11 Å². The third kappa shape index (κ3) is 3.97. The average molecular weight is 358 g/mol. The van der Waals surface area contributed by atoms with Gasteiger partial charge < -0.3 is 9.47 Å². The zero-order chi connectivity index (χ0) is 16.2. The molecule has 0 saturated heterocycles. The van der Waals surface area contributed by atoms with Gasteiger partial charge in [-0.1, -0.05) is 26.2 Å². The molecular weight excluding hydrogens is 329 g/mol. The van der Waals surface area contributed by atoms with Crippen molar-refractivity contribution in [2.75, 3.05) is 20.3 Å².